The van der Waals surface area contributed by atoms with Crippen molar-refractivity contribution in [2.24, 2.45) is 0 Å². The molecule has 0 atom stereocenters. The summed E-state index contributed by atoms with van der Waals surface area (Å²) in [5.41, 5.74) is 3.34. The third-order valence-corrected chi connectivity index (χ3v) is 2.59. The fraction of sp³-hybridized carbons (Fsp3) is 0.571. The van der Waals surface area contributed by atoms with Crippen molar-refractivity contribution < 1.29 is 10.0 Å². The normalized spacial score (nSPS) is 11.5. The molecule has 0 amide bonds. The Morgan fingerprint density at radius 3 is 1.35 bits per heavy atom. The SMILES string of the molecule is CC(C)(C)c1cccc(C(C)(C)C)c1.O[B]O. The van der Waals surface area contributed by atoms with Crippen LogP contribution in [0.2, 0.25) is 0 Å². The minimum absolute atomic E-state index is 0. The summed E-state index contributed by atoms with van der Waals surface area (Å²) in [5.74, 6) is 0. The first-order valence-electron chi connectivity index (χ1n) is 5.84. The molecule has 1 aromatic carbocycles. The van der Waals surface area contributed by atoms with Gasteiger partial charge in [0.2, 0.25) is 0 Å². The molecule has 95 valence electrons. The molecule has 3 heteroatoms. The molecule has 1 rings (SSSR count). The molecular formula is C14H24BO2. The molecule has 0 saturated carbocycles. The summed E-state index contributed by atoms with van der Waals surface area (Å²) in [5, 5.41) is 14.0. The van der Waals surface area contributed by atoms with E-state index in [-0.39, 0.29) is 18.5 Å². The van der Waals surface area contributed by atoms with Gasteiger partial charge in [-0.05, 0) is 22.0 Å². The molecule has 0 spiro atoms. The van der Waals surface area contributed by atoms with E-state index in [4.69, 9.17) is 10.0 Å². The Morgan fingerprint density at radius 2 is 1.12 bits per heavy atom. The van der Waals surface area contributed by atoms with Crippen LogP contribution in [0, 0.1) is 0 Å². The highest BCUT2D eigenvalue weighted by molar-refractivity contribution is 6.13. The predicted octanol–water partition coefficient (Wildman–Crippen LogP) is 2.79. The lowest BCUT2D eigenvalue weighted by atomic mass is 9.81. The molecule has 0 heterocycles. The van der Waals surface area contributed by atoms with Crippen molar-refractivity contribution in [3.8, 4) is 0 Å². The molecule has 1 radical (unpaired) electrons. The van der Waals surface area contributed by atoms with Crippen molar-refractivity contribution in [3.05, 3.63) is 35.4 Å². The van der Waals surface area contributed by atoms with E-state index in [2.05, 4.69) is 65.8 Å². The number of rotatable bonds is 0. The topological polar surface area (TPSA) is 40.5 Å². The van der Waals surface area contributed by atoms with Crippen LogP contribution in [0.5, 0.6) is 0 Å². The zero-order valence-electron chi connectivity index (χ0n) is 11.8. The van der Waals surface area contributed by atoms with E-state index in [1.807, 2.05) is 0 Å². The highest BCUT2D eigenvalue weighted by atomic mass is 16.4. The van der Waals surface area contributed by atoms with Crippen molar-refractivity contribution in [3.63, 3.8) is 0 Å². The van der Waals surface area contributed by atoms with E-state index in [0.29, 0.717) is 0 Å². The number of hydrogen-bond donors (Lipinski definition) is 2. The average molecular weight is 235 g/mol. The second kappa shape index (κ2) is 6.22. The Hall–Kier alpha value is -0.795. The molecule has 0 aromatic heterocycles. The zero-order chi connectivity index (χ0) is 13.7. The molecule has 0 aliphatic carbocycles. The van der Waals surface area contributed by atoms with E-state index in [0.717, 1.165) is 0 Å². The van der Waals surface area contributed by atoms with Crippen LogP contribution in [0.1, 0.15) is 52.7 Å². The summed E-state index contributed by atoms with van der Waals surface area (Å²) in [7, 11) is 0. The molecule has 0 fully saturated rings. The zero-order valence-corrected chi connectivity index (χ0v) is 11.8. The van der Waals surface area contributed by atoms with Crippen LogP contribution in [-0.4, -0.2) is 17.7 Å². The van der Waals surface area contributed by atoms with Crippen LogP contribution in [-0.2, 0) is 10.8 Å². The van der Waals surface area contributed by atoms with Gasteiger partial charge in [-0.25, -0.2) is 0 Å². The molecule has 2 N–H and O–H groups in total. The van der Waals surface area contributed by atoms with E-state index in [1.165, 1.54) is 11.1 Å². The van der Waals surface area contributed by atoms with Gasteiger partial charge in [0, 0.05) is 0 Å². The molecule has 2 nitrogen and oxygen atoms in total. The molecule has 17 heavy (non-hydrogen) atoms. The lowest BCUT2D eigenvalue weighted by Gasteiger charge is -2.24. The molecule has 0 saturated heterocycles. The minimum atomic E-state index is 0. The van der Waals surface area contributed by atoms with Crippen molar-refractivity contribution in [2.45, 2.75) is 52.4 Å². The second-order valence-corrected chi connectivity index (χ2v) is 6.20. The Morgan fingerprint density at radius 1 is 0.824 bits per heavy atom. The van der Waals surface area contributed by atoms with Crippen molar-refractivity contribution in [1.82, 2.24) is 0 Å². The summed E-state index contributed by atoms with van der Waals surface area (Å²) < 4.78 is 0. The maximum Gasteiger partial charge on any atom is 0.482 e. The highest BCUT2D eigenvalue weighted by Crippen LogP contribution is 2.28. The Balaban J connectivity index is 0.000000770. The number of hydrogen-bond acceptors (Lipinski definition) is 2. The molecule has 0 aliphatic heterocycles. The van der Waals surface area contributed by atoms with Gasteiger partial charge in [-0.15, -0.1) is 0 Å². The van der Waals surface area contributed by atoms with Gasteiger partial charge in [0.15, 0.2) is 0 Å². The molecule has 0 aliphatic rings. The van der Waals surface area contributed by atoms with Gasteiger partial charge in [-0.1, -0.05) is 65.8 Å². The lowest BCUT2D eigenvalue weighted by molar-refractivity contribution is 0.448. The van der Waals surface area contributed by atoms with E-state index < -0.39 is 0 Å². The first kappa shape index (κ1) is 16.2. The fourth-order valence-corrected chi connectivity index (χ4v) is 1.45. The minimum Gasteiger partial charge on any atom is -0.429 e. The van der Waals surface area contributed by atoms with Crippen molar-refractivity contribution in [2.75, 3.05) is 0 Å². The van der Waals surface area contributed by atoms with Gasteiger partial charge in [-0.2, -0.15) is 0 Å². The molecule has 0 bridgehead atoms. The van der Waals surface area contributed by atoms with Gasteiger partial charge >= 0.3 is 7.69 Å². The summed E-state index contributed by atoms with van der Waals surface area (Å²) in [6.07, 6.45) is 0. The predicted molar refractivity (Wildman–Crippen MR) is 74.0 cm³/mol. The largest absolute Gasteiger partial charge is 0.482 e. The summed E-state index contributed by atoms with van der Waals surface area (Å²) in [6, 6.07) is 8.94. The van der Waals surface area contributed by atoms with Crippen LogP contribution in [0.15, 0.2) is 24.3 Å². The summed E-state index contributed by atoms with van der Waals surface area (Å²) in [6.45, 7) is 13.6. The van der Waals surface area contributed by atoms with E-state index in [9.17, 15) is 0 Å². The monoisotopic (exact) mass is 235 g/mol. The summed E-state index contributed by atoms with van der Waals surface area (Å²) in [4.78, 5) is 0. The van der Waals surface area contributed by atoms with Gasteiger partial charge in [0.25, 0.3) is 0 Å². The maximum atomic E-state index is 7.00. The molecule has 1 aromatic rings. The molecular weight excluding hydrogens is 211 g/mol. The van der Waals surface area contributed by atoms with Gasteiger partial charge in [0.05, 0.1) is 0 Å². The van der Waals surface area contributed by atoms with E-state index in [1.54, 1.807) is 0 Å². The van der Waals surface area contributed by atoms with Gasteiger partial charge in [-0.3, -0.25) is 0 Å². The highest BCUT2D eigenvalue weighted by Gasteiger charge is 2.18. The maximum absolute atomic E-state index is 7.00. The first-order chi connectivity index (χ1) is 7.62. The van der Waals surface area contributed by atoms with Gasteiger partial charge in [0.1, 0.15) is 0 Å². The van der Waals surface area contributed by atoms with Crippen LogP contribution in [0.25, 0.3) is 0 Å². The first-order valence-corrected chi connectivity index (χ1v) is 5.84. The third-order valence-electron chi connectivity index (χ3n) is 2.59. The van der Waals surface area contributed by atoms with Crippen LogP contribution in [0.4, 0.5) is 0 Å². The van der Waals surface area contributed by atoms with Crippen molar-refractivity contribution in [1.29, 1.82) is 0 Å². The van der Waals surface area contributed by atoms with Crippen LogP contribution >= 0.6 is 0 Å². The summed E-state index contributed by atoms with van der Waals surface area (Å²) >= 11 is 0. The van der Waals surface area contributed by atoms with Crippen LogP contribution < -0.4 is 0 Å². The smallest absolute Gasteiger partial charge is 0.429 e. The fourth-order valence-electron chi connectivity index (χ4n) is 1.45. The van der Waals surface area contributed by atoms with E-state index >= 15 is 0 Å². The quantitative estimate of drug-likeness (QED) is 0.679. The van der Waals surface area contributed by atoms with Crippen molar-refractivity contribution >= 4 is 7.69 Å². The van der Waals surface area contributed by atoms with Gasteiger partial charge < -0.3 is 10.0 Å². The average Bonchev–Trinajstić information content (AvgIpc) is 2.16. The third kappa shape index (κ3) is 5.90. The Kier molecular flexibility index (Phi) is 5.93. The standard InChI is InChI=1S/C14H22.BH2O2/c1-13(2,3)11-8-7-9-12(10-11)14(4,5)6;2-1-3/h7-10H,1-6H3;2-3H. The van der Waals surface area contributed by atoms with Crippen LogP contribution in [0.3, 0.4) is 0 Å². The Labute approximate surface area is 106 Å². The number of benzene rings is 1. The Bertz CT molecular complexity index is 306. The second-order valence-electron chi connectivity index (χ2n) is 6.20. The lowest BCUT2D eigenvalue weighted by Crippen LogP contribution is -2.15. The molecule has 0 unspecified atom stereocenters.